The van der Waals surface area contributed by atoms with E-state index < -0.39 is 74.0 Å². The number of nitrogens with one attached hydrogen (secondary N) is 3. The van der Waals surface area contributed by atoms with E-state index in [0.717, 1.165) is 20.8 Å². The molecule has 0 spiro atoms. The molecule has 194 valence electrons. The number of imide groups is 3. The second kappa shape index (κ2) is 14.5. The Morgan fingerprint density at radius 2 is 0.714 bits per heavy atom. The van der Waals surface area contributed by atoms with Crippen molar-refractivity contribution in [3.05, 3.63) is 30.8 Å². The lowest BCUT2D eigenvalue weighted by atomic mass is 10.5. The number of carbonyl (C=O) groups is 6. The van der Waals surface area contributed by atoms with Gasteiger partial charge in [-0.3, -0.25) is 44.7 Å². The van der Waals surface area contributed by atoms with Crippen molar-refractivity contribution in [1.82, 2.24) is 16.0 Å². The van der Waals surface area contributed by atoms with Gasteiger partial charge in [-0.15, -0.1) is 0 Å². The maximum Gasteiger partial charge on any atom is 0.647 e. The van der Waals surface area contributed by atoms with E-state index in [0.29, 0.717) is 0 Å². The first-order valence-electron chi connectivity index (χ1n) is 8.20. The molecule has 3 N–H and O–H groups in total. The summed E-state index contributed by atoms with van der Waals surface area (Å²) >= 11 is 33.2. The molecule has 6 amide bonds. The lowest BCUT2D eigenvalue weighted by Crippen LogP contribution is -2.32. The molecule has 0 fully saturated rings. The van der Waals surface area contributed by atoms with Gasteiger partial charge in [-0.05, 0) is 0 Å². The minimum atomic E-state index is -5.64. The Bertz CT molecular complexity index is 958. The highest BCUT2D eigenvalue weighted by molar-refractivity contribution is 7.49. The van der Waals surface area contributed by atoms with Crippen molar-refractivity contribution in [2.24, 2.45) is 0 Å². The molecule has 0 aliphatic heterocycles. The maximum atomic E-state index is 13.4. The minimum Gasteiger partial charge on any atom is -0.377 e. The van der Waals surface area contributed by atoms with Crippen LogP contribution < -0.4 is 16.0 Å². The molecule has 0 aromatic rings. The van der Waals surface area contributed by atoms with Crippen LogP contribution >= 0.6 is 77.4 Å². The van der Waals surface area contributed by atoms with Crippen LogP contribution in [0, 0.1) is 0 Å². The lowest BCUT2D eigenvalue weighted by Gasteiger charge is -2.22. The predicted molar refractivity (Wildman–Crippen MR) is 124 cm³/mol. The molecular formula is C15H12Cl6N3O10P. The van der Waals surface area contributed by atoms with Gasteiger partial charge in [-0.1, -0.05) is 69.6 Å². The second-order valence-corrected chi connectivity index (χ2v) is 9.81. The van der Waals surface area contributed by atoms with Gasteiger partial charge in [0.15, 0.2) is 13.5 Å². The summed E-state index contributed by atoms with van der Waals surface area (Å²) in [5, 5.41) is 4.98. The van der Waals surface area contributed by atoms with Crippen LogP contribution in [0.15, 0.2) is 30.8 Å². The van der Waals surface area contributed by atoms with Gasteiger partial charge in [-0.25, -0.2) is 0 Å². The van der Waals surface area contributed by atoms with Gasteiger partial charge in [0, 0.05) is 20.8 Å². The molecule has 0 heterocycles. The summed E-state index contributed by atoms with van der Waals surface area (Å²) in [6.45, 7) is 2.68. The Morgan fingerprint density at radius 3 is 0.857 bits per heavy atom. The van der Waals surface area contributed by atoms with Crippen LogP contribution in [0.1, 0.15) is 20.8 Å². The van der Waals surface area contributed by atoms with E-state index in [2.05, 4.69) is 0 Å². The van der Waals surface area contributed by atoms with Crippen LogP contribution in [0.3, 0.4) is 0 Å². The summed E-state index contributed by atoms with van der Waals surface area (Å²) in [6.07, 6.45) is 0. The van der Waals surface area contributed by atoms with Gasteiger partial charge in [-0.2, -0.15) is 4.57 Å². The predicted octanol–water partition coefficient (Wildman–Crippen LogP) is 3.07. The number of hydrogen-bond donors (Lipinski definition) is 3. The van der Waals surface area contributed by atoms with Crippen molar-refractivity contribution < 1.29 is 46.9 Å². The van der Waals surface area contributed by atoms with Crippen molar-refractivity contribution in [2.45, 2.75) is 20.8 Å². The zero-order chi connectivity index (χ0) is 27.7. The van der Waals surface area contributed by atoms with Gasteiger partial charge < -0.3 is 13.6 Å². The maximum absolute atomic E-state index is 13.4. The molecule has 0 saturated carbocycles. The number of rotatable bonds is 9. The highest BCUT2D eigenvalue weighted by Crippen LogP contribution is 2.56. The Kier molecular flexibility index (Phi) is 13.7. The Morgan fingerprint density at radius 1 is 0.514 bits per heavy atom. The number of carbonyl (C=O) groups excluding carboxylic acids is 6. The van der Waals surface area contributed by atoms with Crippen molar-refractivity contribution in [3.63, 3.8) is 0 Å². The van der Waals surface area contributed by atoms with Gasteiger partial charge in [0.1, 0.15) is 0 Å². The van der Waals surface area contributed by atoms with E-state index in [1.807, 2.05) is 0 Å². The summed E-state index contributed by atoms with van der Waals surface area (Å²) in [7, 11) is -5.64. The zero-order valence-electron chi connectivity index (χ0n) is 17.3. The Hall–Kier alpha value is -1.99. The van der Waals surface area contributed by atoms with Crippen LogP contribution in [0.5, 0.6) is 0 Å². The van der Waals surface area contributed by atoms with Crippen molar-refractivity contribution in [3.8, 4) is 0 Å². The van der Waals surface area contributed by atoms with Crippen LogP contribution in [0.4, 0.5) is 0 Å². The molecular weight excluding hydrogens is 626 g/mol. The van der Waals surface area contributed by atoms with Crippen LogP contribution in [-0.4, -0.2) is 35.4 Å². The normalized spacial score (nSPS) is 10.1. The van der Waals surface area contributed by atoms with E-state index in [1.165, 1.54) is 0 Å². The largest absolute Gasteiger partial charge is 0.647 e. The minimum absolute atomic E-state index is 0.894. The molecule has 0 rings (SSSR count). The van der Waals surface area contributed by atoms with Crippen LogP contribution in [0.25, 0.3) is 0 Å². The summed E-state index contributed by atoms with van der Waals surface area (Å²) in [5.74, 6) is -11.3. The number of amides is 6. The van der Waals surface area contributed by atoms with Crippen LogP contribution in [-0.2, 0) is 46.9 Å². The van der Waals surface area contributed by atoms with E-state index in [9.17, 15) is 33.3 Å². The van der Waals surface area contributed by atoms with Crippen LogP contribution in [0.2, 0.25) is 0 Å². The molecule has 35 heavy (non-hydrogen) atoms. The molecule has 0 saturated heterocycles. The molecule has 0 aromatic carbocycles. The number of phosphoric ester groups is 1. The summed E-state index contributed by atoms with van der Waals surface area (Å²) in [6, 6.07) is 0. The quantitative estimate of drug-likeness (QED) is 0.193. The summed E-state index contributed by atoms with van der Waals surface area (Å²) < 4.78 is 24.5. The van der Waals surface area contributed by atoms with E-state index in [-0.39, 0.29) is 0 Å². The molecule has 13 nitrogen and oxygen atoms in total. The smallest absolute Gasteiger partial charge is 0.377 e. The molecule has 0 aromatic heterocycles. The topological polar surface area (TPSA) is 183 Å². The average Bonchev–Trinajstić information content (AvgIpc) is 2.66. The number of hydrogen-bond acceptors (Lipinski definition) is 10. The van der Waals surface area contributed by atoms with Crippen molar-refractivity contribution in [1.29, 1.82) is 0 Å². The molecule has 0 unspecified atom stereocenters. The Balaban J connectivity index is 6.74. The number of halogens is 6. The van der Waals surface area contributed by atoms with E-state index >= 15 is 0 Å². The third kappa shape index (κ3) is 12.0. The molecule has 0 aliphatic rings. The van der Waals surface area contributed by atoms with Gasteiger partial charge in [0.2, 0.25) is 35.0 Å². The first kappa shape index (κ1) is 33.0. The van der Waals surface area contributed by atoms with E-state index in [4.69, 9.17) is 83.2 Å². The summed E-state index contributed by atoms with van der Waals surface area (Å²) in [5.41, 5.74) is 0. The first-order valence-corrected chi connectivity index (χ1v) is 11.9. The van der Waals surface area contributed by atoms with Gasteiger partial charge >= 0.3 is 7.82 Å². The third-order valence-electron chi connectivity index (χ3n) is 2.61. The fourth-order valence-electron chi connectivity index (χ4n) is 1.53. The van der Waals surface area contributed by atoms with Gasteiger partial charge in [0.25, 0.3) is 17.7 Å². The SMILES string of the molecule is CC(=O)NC(=O)C(OP(=O)(OC(C(=O)NC(C)=O)=C(Cl)Cl)OC(C(=O)NC(C)=O)=C(Cl)Cl)=C(Cl)Cl. The fraction of sp³-hybridized carbons (Fsp3) is 0.200. The molecule has 0 aliphatic carbocycles. The highest BCUT2D eigenvalue weighted by atomic mass is 35.5. The molecule has 0 radical (unpaired) electrons. The lowest BCUT2D eigenvalue weighted by molar-refractivity contribution is -0.129. The molecule has 0 bridgehead atoms. The van der Waals surface area contributed by atoms with Gasteiger partial charge in [0.05, 0.1) is 0 Å². The molecule has 20 heteroatoms. The summed E-state index contributed by atoms with van der Waals surface area (Å²) in [4.78, 5) is 70.1. The zero-order valence-corrected chi connectivity index (χ0v) is 22.7. The van der Waals surface area contributed by atoms with E-state index in [1.54, 1.807) is 16.0 Å². The third-order valence-corrected chi connectivity index (χ3v) is 4.86. The first-order chi connectivity index (χ1) is 15.9. The average molecular weight is 638 g/mol. The standard InChI is InChI=1S/C15H12Cl6N3O10P/c1-4(25)22-13(28)7(10(16)17)32-35(31,33-8(11(18)19)14(29)23-5(2)26)34-9(12(20)21)15(30)24-6(3)27/h1-3H3,(H,22,25,28)(H,23,26,29)(H,24,27,30). The second-order valence-electron chi connectivity index (χ2n) is 5.52. The fourth-order valence-corrected chi connectivity index (χ4v) is 3.90. The van der Waals surface area contributed by atoms with Crippen molar-refractivity contribution in [2.75, 3.05) is 0 Å². The monoisotopic (exact) mass is 635 g/mol. The highest BCUT2D eigenvalue weighted by Gasteiger charge is 2.42. The molecule has 0 atom stereocenters. The number of phosphoric acid groups is 1. The Labute approximate surface area is 226 Å². The van der Waals surface area contributed by atoms with Crippen molar-refractivity contribution >= 4 is 113 Å².